The molecule has 4 nitrogen and oxygen atoms in total. The summed E-state index contributed by atoms with van der Waals surface area (Å²) in [7, 11) is 1.78. The zero-order valence-electron chi connectivity index (χ0n) is 9.25. The lowest BCUT2D eigenvalue weighted by molar-refractivity contribution is 0.0884. The average Bonchev–Trinajstić information content (AvgIpc) is 2.84. The van der Waals surface area contributed by atoms with Crippen molar-refractivity contribution in [3.05, 3.63) is 53.6 Å². The van der Waals surface area contributed by atoms with E-state index in [1.54, 1.807) is 48.3 Å². The van der Waals surface area contributed by atoms with Crippen molar-refractivity contribution in [2.24, 2.45) is 7.05 Å². The van der Waals surface area contributed by atoms with E-state index < -0.39 is 5.92 Å². The molecule has 0 amide bonds. The highest BCUT2D eigenvalue weighted by molar-refractivity contribution is 6.29. The van der Waals surface area contributed by atoms with Gasteiger partial charge in [0.2, 0.25) is 0 Å². The van der Waals surface area contributed by atoms with Crippen LogP contribution in [0, 0.1) is 0 Å². The molecule has 1 heterocycles. The lowest BCUT2D eigenvalue weighted by atomic mass is 10.0. The van der Waals surface area contributed by atoms with E-state index in [1.807, 2.05) is 0 Å². The van der Waals surface area contributed by atoms with Gasteiger partial charge in [-0.2, -0.15) is 0 Å². The molecule has 4 heteroatoms. The van der Waals surface area contributed by atoms with Crippen LogP contribution in [-0.4, -0.2) is 21.1 Å². The standard InChI is InChI=1S/C13H10N2O2/c1-15-7-6-14-13(15)10-11(16)8-4-2-3-5-9(8)12(10)17/h2-7,10H,1H3. The number of benzene rings is 1. The van der Waals surface area contributed by atoms with Crippen molar-refractivity contribution in [3.63, 3.8) is 0 Å². The fourth-order valence-corrected chi connectivity index (χ4v) is 2.23. The first-order valence-corrected chi connectivity index (χ1v) is 5.35. The van der Waals surface area contributed by atoms with Gasteiger partial charge in [-0.05, 0) is 0 Å². The summed E-state index contributed by atoms with van der Waals surface area (Å²) < 4.78 is 1.71. The number of hydrogen-bond donors (Lipinski definition) is 0. The summed E-state index contributed by atoms with van der Waals surface area (Å²) in [5.74, 6) is -0.566. The molecule has 2 aromatic rings. The van der Waals surface area contributed by atoms with Crippen molar-refractivity contribution in [1.82, 2.24) is 9.55 Å². The highest BCUT2D eigenvalue weighted by Gasteiger charge is 2.41. The van der Waals surface area contributed by atoms with Crippen molar-refractivity contribution < 1.29 is 9.59 Å². The summed E-state index contributed by atoms with van der Waals surface area (Å²) in [6, 6.07) is 6.92. The second-order valence-corrected chi connectivity index (χ2v) is 4.10. The molecule has 0 saturated heterocycles. The van der Waals surface area contributed by atoms with Gasteiger partial charge in [-0.1, -0.05) is 24.3 Å². The first-order chi connectivity index (χ1) is 8.20. The molecule has 0 radical (unpaired) electrons. The zero-order chi connectivity index (χ0) is 12.0. The molecule has 0 atom stereocenters. The highest BCUT2D eigenvalue weighted by Crippen LogP contribution is 2.32. The normalized spacial score (nSPS) is 15.4. The number of ketones is 2. The Kier molecular flexibility index (Phi) is 1.98. The van der Waals surface area contributed by atoms with Crippen LogP contribution in [0.3, 0.4) is 0 Å². The number of nitrogens with zero attached hydrogens (tertiary/aromatic N) is 2. The van der Waals surface area contributed by atoms with Gasteiger partial charge in [0.1, 0.15) is 11.7 Å². The van der Waals surface area contributed by atoms with Gasteiger partial charge in [0, 0.05) is 30.6 Å². The number of fused-ring (bicyclic) bond motifs is 1. The van der Waals surface area contributed by atoms with Gasteiger partial charge in [-0.3, -0.25) is 9.59 Å². The maximum atomic E-state index is 12.2. The van der Waals surface area contributed by atoms with E-state index in [4.69, 9.17) is 0 Å². The van der Waals surface area contributed by atoms with Crippen LogP contribution >= 0.6 is 0 Å². The van der Waals surface area contributed by atoms with E-state index in [0.717, 1.165) is 0 Å². The largest absolute Gasteiger partial charge is 0.337 e. The molecule has 0 N–H and O–H groups in total. The molecule has 1 aliphatic carbocycles. The Hall–Kier alpha value is -2.23. The molecule has 1 aromatic carbocycles. The van der Waals surface area contributed by atoms with E-state index in [1.165, 1.54) is 0 Å². The lowest BCUT2D eigenvalue weighted by Crippen LogP contribution is -2.17. The summed E-state index contributed by atoms with van der Waals surface area (Å²) >= 11 is 0. The quantitative estimate of drug-likeness (QED) is 0.694. The van der Waals surface area contributed by atoms with Crippen LogP contribution in [0.15, 0.2) is 36.7 Å². The van der Waals surface area contributed by atoms with Crippen LogP contribution in [0.2, 0.25) is 0 Å². The second kappa shape index (κ2) is 3.38. The fraction of sp³-hybridized carbons (Fsp3) is 0.154. The average molecular weight is 226 g/mol. The third-order valence-corrected chi connectivity index (χ3v) is 3.10. The van der Waals surface area contributed by atoms with Gasteiger partial charge >= 0.3 is 0 Å². The second-order valence-electron chi connectivity index (χ2n) is 4.10. The number of aromatic nitrogens is 2. The third kappa shape index (κ3) is 1.27. The predicted octanol–water partition coefficient (Wildman–Crippen LogP) is 1.58. The van der Waals surface area contributed by atoms with Crippen molar-refractivity contribution in [1.29, 1.82) is 0 Å². The minimum absolute atomic E-state index is 0.153. The van der Waals surface area contributed by atoms with Crippen LogP contribution in [0.5, 0.6) is 0 Å². The molecule has 1 aliphatic rings. The van der Waals surface area contributed by atoms with Crippen molar-refractivity contribution in [2.45, 2.75) is 5.92 Å². The molecule has 0 fully saturated rings. The lowest BCUT2D eigenvalue weighted by Gasteiger charge is -2.06. The van der Waals surface area contributed by atoms with E-state index in [9.17, 15) is 9.59 Å². The highest BCUT2D eigenvalue weighted by atomic mass is 16.2. The van der Waals surface area contributed by atoms with E-state index in [-0.39, 0.29) is 11.6 Å². The number of carbonyl (C=O) groups excluding carboxylic acids is 2. The van der Waals surface area contributed by atoms with Crippen molar-refractivity contribution >= 4 is 11.6 Å². The minimum atomic E-state index is -0.771. The molecular formula is C13H10N2O2. The summed E-state index contributed by atoms with van der Waals surface area (Å²) in [5.41, 5.74) is 1.01. The number of hydrogen-bond acceptors (Lipinski definition) is 3. The monoisotopic (exact) mass is 226 g/mol. The third-order valence-electron chi connectivity index (χ3n) is 3.10. The smallest absolute Gasteiger partial charge is 0.182 e. The van der Waals surface area contributed by atoms with E-state index in [2.05, 4.69) is 4.98 Å². The predicted molar refractivity (Wildman–Crippen MR) is 61.1 cm³/mol. The van der Waals surface area contributed by atoms with E-state index in [0.29, 0.717) is 17.0 Å². The Bertz CT molecular complexity index is 593. The van der Waals surface area contributed by atoms with Gasteiger partial charge in [-0.15, -0.1) is 0 Å². The Morgan fingerprint density at radius 1 is 1.12 bits per heavy atom. The van der Waals surface area contributed by atoms with Crippen molar-refractivity contribution in [3.8, 4) is 0 Å². The van der Waals surface area contributed by atoms with Gasteiger partial charge in [0.25, 0.3) is 0 Å². The van der Waals surface area contributed by atoms with Crippen LogP contribution in [-0.2, 0) is 7.05 Å². The topological polar surface area (TPSA) is 52.0 Å². The molecule has 1 aromatic heterocycles. The maximum absolute atomic E-state index is 12.2. The van der Waals surface area contributed by atoms with Gasteiger partial charge in [-0.25, -0.2) is 4.98 Å². The summed E-state index contributed by atoms with van der Waals surface area (Å²) in [4.78, 5) is 28.5. The zero-order valence-corrected chi connectivity index (χ0v) is 9.25. The molecule has 3 rings (SSSR count). The number of aryl methyl sites for hydroxylation is 1. The first kappa shape index (κ1) is 9.96. The number of imidazole rings is 1. The Balaban J connectivity index is 2.16. The molecule has 0 saturated carbocycles. The van der Waals surface area contributed by atoms with Crippen LogP contribution < -0.4 is 0 Å². The van der Waals surface area contributed by atoms with Gasteiger partial charge in [0.05, 0.1) is 0 Å². The SMILES string of the molecule is Cn1ccnc1C1C(=O)c2ccccc2C1=O. The molecule has 0 unspecified atom stereocenters. The van der Waals surface area contributed by atoms with Gasteiger partial charge < -0.3 is 4.57 Å². The molecule has 17 heavy (non-hydrogen) atoms. The summed E-state index contributed by atoms with van der Waals surface area (Å²) in [6.45, 7) is 0. The molecule has 84 valence electrons. The Morgan fingerprint density at radius 2 is 1.71 bits per heavy atom. The van der Waals surface area contributed by atoms with Crippen LogP contribution in [0.1, 0.15) is 32.5 Å². The number of rotatable bonds is 1. The van der Waals surface area contributed by atoms with Gasteiger partial charge in [0.15, 0.2) is 11.6 Å². The molecule has 0 bridgehead atoms. The van der Waals surface area contributed by atoms with Crippen LogP contribution in [0.4, 0.5) is 0 Å². The number of Topliss-reactive ketones (excluding diaryl/α,β-unsaturated/α-hetero) is 2. The number of carbonyl (C=O) groups is 2. The molecular weight excluding hydrogens is 216 g/mol. The summed E-state index contributed by atoms with van der Waals surface area (Å²) in [6.07, 6.45) is 3.33. The molecule has 0 spiro atoms. The minimum Gasteiger partial charge on any atom is -0.337 e. The van der Waals surface area contributed by atoms with Crippen LogP contribution in [0.25, 0.3) is 0 Å². The fourth-order valence-electron chi connectivity index (χ4n) is 2.23. The van der Waals surface area contributed by atoms with E-state index >= 15 is 0 Å². The summed E-state index contributed by atoms with van der Waals surface area (Å²) in [5, 5.41) is 0. The first-order valence-electron chi connectivity index (χ1n) is 5.35. The molecule has 0 aliphatic heterocycles. The van der Waals surface area contributed by atoms with Crippen molar-refractivity contribution in [2.75, 3.05) is 0 Å². The Morgan fingerprint density at radius 3 is 2.18 bits per heavy atom. The Labute approximate surface area is 97.9 Å². The maximum Gasteiger partial charge on any atom is 0.182 e.